The predicted octanol–water partition coefficient (Wildman–Crippen LogP) is 3.99. The fraction of sp³-hybridized carbons (Fsp3) is 0.714. The highest BCUT2D eigenvalue weighted by molar-refractivity contribution is 7.09. The van der Waals surface area contributed by atoms with Crippen molar-refractivity contribution in [2.24, 2.45) is 5.92 Å². The zero-order chi connectivity index (χ0) is 27.5. The smallest absolute Gasteiger partial charge is 0.475 e. The largest absolute Gasteiger partial charge is 0.490 e. The molecule has 2 saturated heterocycles. The molecule has 2 aliphatic heterocycles. The van der Waals surface area contributed by atoms with Crippen molar-refractivity contribution in [2.75, 3.05) is 32.7 Å². The number of alkyl halides is 6. The van der Waals surface area contributed by atoms with Crippen molar-refractivity contribution in [3.63, 3.8) is 0 Å². The van der Waals surface area contributed by atoms with Crippen molar-refractivity contribution < 1.29 is 50.9 Å². The molecule has 1 amide bonds. The third kappa shape index (κ3) is 12.0. The number of carbonyl (C=O) groups excluding carboxylic acids is 1. The number of hydrogen-bond acceptors (Lipinski definition) is 6. The number of carboxylic acid groups (broad SMARTS) is 2. The van der Waals surface area contributed by atoms with Crippen molar-refractivity contribution in [1.82, 2.24) is 14.8 Å². The molecule has 0 saturated carbocycles. The molecule has 3 heterocycles. The fourth-order valence-electron chi connectivity index (χ4n) is 3.72. The van der Waals surface area contributed by atoms with E-state index >= 15 is 0 Å². The summed E-state index contributed by atoms with van der Waals surface area (Å²) in [6.45, 7) is 7.67. The van der Waals surface area contributed by atoms with E-state index in [9.17, 15) is 31.1 Å². The van der Waals surface area contributed by atoms with Gasteiger partial charge in [-0.3, -0.25) is 4.79 Å². The molecule has 0 aromatic carbocycles. The van der Waals surface area contributed by atoms with E-state index in [-0.39, 0.29) is 0 Å². The Bertz CT molecular complexity index is 832. The summed E-state index contributed by atoms with van der Waals surface area (Å²) in [4.78, 5) is 40.5. The minimum atomic E-state index is -5.08. The standard InChI is InChI=1S/C17H27N3OS.2C2HF3O2/c1-14-16(22-13-18-14)6-7-17(21)20-10-4-5-15(12-20)11-19-8-2-3-9-19;2*3-2(4,5)1(6)7/h13,15H,2-12H2,1H3;2*(H,6,7). The second-order valence-electron chi connectivity index (χ2n) is 8.32. The molecule has 1 aromatic heterocycles. The van der Waals surface area contributed by atoms with Crippen molar-refractivity contribution in [3.05, 3.63) is 16.1 Å². The van der Waals surface area contributed by atoms with E-state index in [4.69, 9.17) is 19.8 Å². The average Bonchev–Trinajstić information content (AvgIpc) is 3.43. The number of hydrogen-bond donors (Lipinski definition) is 2. The molecule has 0 bridgehead atoms. The molecular formula is C21H29F6N3O5S. The molecule has 206 valence electrons. The van der Waals surface area contributed by atoms with Crippen molar-refractivity contribution in [3.8, 4) is 0 Å². The van der Waals surface area contributed by atoms with Crippen LogP contribution in [-0.2, 0) is 20.8 Å². The maximum absolute atomic E-state index is 12.5. The molecule has 2 fully saturated rings. The molecule has 0 aliphatic carbocycles. The molecule has 1 unspecified atom stereocenters. The summed E-state index contributed by atoms with van der Waals surface area (Å²) < 4.78 is 63.5. The molecule has 0 radical (unpaired) electrons. The Hall–Kier alpha value is -2.42. The van der Waals surface area contributed by atoms with Crippen LogP contribution in [0.4, 0.5) is 26.3 Å². The maximum Gasteiger partial charge on any atom is 0.490 e. The molecule has 1 aromatic rings. The lowest BCUT2D eigenvalue weighted by Crippen LogP contribution is -2.43. The van der Waals surface area contributed by atoms with Gasteiger partial charge in [-0.05, 0) is 58.0 Å². The van der Waals surface area contributed by atoms with Crippen LogP contribution in [0.3, 0.4) is 0 Å². The summed E-state index contributed by atoms with van der Waals surface area (Å²) in [5.41, 5.74) is 2.96. The first-order valence-corrected chi connectivity index (χ1v) is 12.0. The first-order valence-electron chi connectivity index (χ1n) is 11.1. The molecule has 1 atom stereocenters. The molecule has 2 N–H and O–H groups in total. The van der Waals surface area contributed by atoms with Crippen molar-refractivity contribution in [2.45, 2.75) is 57.8 Å². The molecule has 36 heavy (non-hydrogen) atoms. The SMILES string of the molecule is Cc1ncsc1CCC(=O)N1CCCC(CN2CCCC2)C1.O=C(O)C(F)(F)F.O=C(O)C(F)(F)F. The van der Waals surface area contributed by atoms with E-state index in [1.54, 1.807) is 11.3 Å². The average molecular weight is 550 g/mol. The summed E-state index contributed by atoms with van der Waals surface area (Å²) in [7, 11) is 0. The Kier molecular flexibility index (Phi) is 12.6. The topological polar surface area (TPSA) is 111 Å². The second-order valence-corrected chi connectivity index (χ2v) is 9.26. The first kappa shape index (κ1) is 31.6. The van der Waals surface area contributed by atoms with E-state index in [2.05, 4.69) is 14.8 Å². The van der Waals surface area contributed by atoms with Crippen LogP contribution in [0.25, 0.3) is 0 Å². The lowest BCUT2D eigenvalue weighted by molar-refractivity contribution is -0.193. The second kappa shape index (κ2) is 14.4. The lowest BCUT2D eigenvalue weighted by atomic mass is 9.97. The number of likely N-dealkylation sites (tertiary alicyclic amines) is 2. The lowest BCUT2D eigenvalue weighted by Gasteiger charge is -2.34. The van der Waals surface area contributed by atoms with Crippen LogP contribution in [0.1, 0.15) is 42.7 Å². The number of rotatable bonds is 5. The van der Waals surface area contributed by atoms with Gasteiger partial charge < -0.3 is 20.0 Å². The number of halogens is 6. The predicted molar refractivity (Wildman–Crippen MR) is 118 cm³/mol. The molecule has 15 heteroatoms. The van der Waals surface area contributed by atoms with E-state index in [0.29, 0.717) is 18.2 Å². The molecular weight excluding hydrogens is 520 g/mol. The minimum absolute atomic E-state index is 0.332. The van der Waals surface area contributed by atoms with Gasteiger partial charge in [0, 0.05) is 30.9 Å². The zero-order valence-electron chi connectivity index (χ0n) is 19.6. The van der Waals surface area contributed by atoms with Crippen LogP contribution in [-0.4, -0.2) is 87.9 Å². The minimum Gasteiger partial charge on any atom is -0.475 e. The Morgan fingerprint density at radius 3 is 1.97 bits per heavy atom. The van der Waals surface area contributed by atoms with E-state index in [0.717, 1.165) is 25.2 Å². The number of carbonyl (C=O) groups is 3. The van der Waals surface area contributed by atoms with Crippen molar-refractivity contribution >= 4 is 29.2 Å². The van der Waals surface area contributed by atoms with Crippen LogP contribution < -0.4 is 0 Å². The number of aryl methyl sites for hydroxylation is 2. The van der Waals surface area contributed by atoms with Gasteiger partial charge in [0.2, 0.25) is 5.91 Å². The number of thiazole rings is 1. The number of aromatic nitrogens is 1. The first-order chi connectivity index (χ1) is 16.6. The number of nitrogens with zero attached hydrogens (tertiary/aromatic N) is 3. The van der Waals surface area contributed by atoms with Gasteiger partial charge in [-0.15, -0.1) is 11.3 Å². The normalized spacial score (nSPS) is 18.5. The highest BCUT2D eigenvalue weighted by atomic mass is 32.1. The summed E-state index contributed by atoms with van der Waals surface area (Å²) in [6, 6.07) is 0. The van der Waals surface area contributed by atoms with Crippen LogP contribution in [0, 0.1) is 12.8 Å². The zero-order valence-corrected chi connectivity index (χ0v) is 20.4. The van der Waals surface area contributed by atoms with Gasteiger partial charge >= 0.3 is 24.3 Å². The third-order valence-corrected chi connectivity index (χ3v) is 6.48. The summed E-state index contributed by atoms with van der Waals surface area (Å²) in [6.07, 6.45) is -3.52. The number of piperidine rings is 1. The van der Waals surface area contributed by atoms with Crippen LogP contribution in [0.2, 0.25) is 0 Å². The van der Waals surface area contributed by atoms with Crippen LogP contribution in [0.15, 0.2) is 5.51 Å². The molecule has 8 nitrogen and oxygen atoms in total. The van der Waals surface area contributed by atoms with Gasteiger partial charge in [0.05, 0.1) is 11.2 Å². The van der Waals surface area contributed by atoms with E-state index in [1.807, 2.05) is 12.4 Å². The third-order valence-electron chi connectivity index (χ3n) is 5.48. The van der Waals surface area contributed by atoms with Gasteiger partial charge in [-0.2, -0.15) is 26.3 Å². The highest BCUT2D eigenvalue weighted by Crippen LogP contribution is 2.22. The van der Waals surface area contributed by atoms with Crippen LogP contribution >= 0.6 is 11.3 Å². The van der Waals surface area contributed by atoms with Crippen LogP contribution in [0.5, 0.6) is 0 Å². The summed E-state index contributed by atoms with van der Waals surface area (Å²) in [5, 5.41) is 14.2. The molecule has 0 spiro atoms. The monoisotopic (exact) mass is 549 g/mol. The number of carboxylic acids is 2. The number of aliphatic carboxylic acids is 2. The van der Waals surface area contributed by atoms with Gasteiger partial charge in [0.1, 0.15) is 0 Å². The van der Waals surface area contributed by atoms with E-state index < -0.39 is 24.3 Å². The van der Waals surface area contributed by atoms with E-state index in [1.165, 1.54) is 50.2 Å². The maximum atomic E-state index is 12.5. The van der Waals surface area contributed by atoms with Gasteiger partial charge in [0.15, 0.2) is 0 Å². The molecule has 3 rings (SSSR count). The summed E-state index contributed by atoms with van der Waals surface area (Å²) in [5.74, 6) is -4.50. The Balaban J connectivity index is 0.000000383. The molecule has 2 aliphatic rings. The summed E-state index contributed by atoms with van der Waals surface area (Å²) >= 11 is 1.67. The Morgan fingerprint density at radius 1 is 1.00 bits per heavy atom. The van der Waals surface area contributed by atoms with Crippen molar-refractivity contribution in [1.29, 1.82) is 0 Å². The highest BCUT2D eigenvalue weighted by Gasteiger charge is 2.38. The van der Waals surface area contributed by atoms with Gasteiger partial charge in [-0.1, -0.05) is 0 Å². The quantitative estimate of drug-likeness (QED) is 0.535. The Morgan fingerprint density at radius 2 is 1.53 bits per heavy atom. The van der Waals surface area contributed by atoms with Gasteiger partial charge in [0.25, 0.3) is 0 Å². The Labute approximate surface area is 207 Å². The van der Waals surface area contributed by atoms with Gasteiger partial charge in [-0.25, -0.2) is 14.6 Å². The fourth-order valence-corrected chi connectivity index (χ4v) is 4.50. The number of amides is 1.